The minimum Gasteiger partial charge on any atom is -0.432 e. The van der Waals surface area contributed by atoms with Crippen molar-refractivity contribution in [2.75, 3.05) is 0 Å². The highest BCUT2D eigenvalue weighted by atomic mass is 16.7. The Labute approximate surface area is 98.8 Å². The molecule has 1 aromatic carbocycles. The van der Waals surface area contributed by atoms with Crippen LogP contribution in [0.5, 0.6) is 0 Å². The fourth-order valence-electron chi connectivity index (χ4n) is 1.61. The third kappa shape index (κ3) is 2.79. The highest BCUT2D eigenvalue weighted by molar-refractivity contribution is 5.95. The number of rotatable bonds is 2. The number of hydrogen-bond acceptors (Lipinski definition) is 4. The van der Waals surface area contributed by atoms with Gasteiger partial charge in [-0.3, -0.25) is 9.59 Å². The molecule has 0 radical (unpaired) electrons. The van der Waals surface area contributed by atoms with Crippen LogP contribution in [0.2, 0.25) is 0 Å². The molecule has 1 heterocycles. The third-order valence-electron chi connectivity index (χ3n) is 2.33. The van der Waals surface area contributed by atoms with Crippen LogP contribution in [0.1, 0.15) is 18.6 Å². The lowest BCUT2D eigenvalue weighted by atomic mass is 10.0. The zero-order valence-corrected chi connectivity index (χ0v) is 9.33. The van der Waals surface area contributed by atoms with Gasteiger partial charge in [-0.05, 0) is 17.7 Å². The van der Waals surface area contributed by atoms with Gasteiger partial charge in [-0.15, -0.1) is 0 Å². The Balaban J connectivity index is 2.16. The number of carbonyl (C=O) groups is 2. The maximum Gasteiger partial charge on any atom is 0.305 e. The van der Waals surface area contributed by atoms with E-state index in [1.54, 1.807) is 12.1 Å². The van der Waals surface area contributed by atoms with Gasteiger partial charge in [0.2, 0.25) is 6.29 Å². The first-order valence-electron chi connectivity index (χ1n) is 5.26. The van der Waals surface area contributed by atoms with E-state index in [9.17, 15) is 9.59 Å². The Morgan fingerprint density at radius 1 is 1.29 bits per heavy atom. The number of hydrogen-bond donors (Lipinski definition) is 0. The zero-order valence-electron chi connectivity index (χ0n) is 9.33. The van der Waals surface area contributed by atoms with Crippen LogP contribution in [0, 0.1) is 0 Å². The summed E-state index contributed by atoms with van der Waals surface area (Å²) in [5.74, 6) is -0.597. The SMILES string of the molecule is CC(=O)O[C@@H]1C=CC(=O)[C@@H](c2ccccc2)O1. The van der Waals surface area contributed by atoms with E-state index in [2.05, 4.69) is 0 Å². The lowest BCUT2D eigenvalue weighted by molar-refractivity contribution is -0.180. The highest BCUT2D eigenvalue weighted by Crippen LogP contribution is 2.25. The highest BCUT2D eigenvalue weighted by Gasteiger charge is 2.27. The van der Waals surface area contributed by atoms with Crippen LogP contribution in [0.4, 0.5) is 0 Å². The number of carbonyl (C=O) groups excluding carboxylic acids is 2. The summed E-state index contributed by atoms with van der Waals surface area (Å²) in [7, 11) is 0. The third-order valence-corrected chi connectivity index (χ3v) is 2.33. The van der Waals surface area contributed by atoms with Gasteiger partial charge in [-0.1, -0.05) is 30.3 Å². The summed E-state index contributed by atoms with van der Waals surface area (Å²) in [4.78, 5) is 22.5. The topological polar surface area (TPSA) is 52.6 Å². The lowest BCUT2D eigenvalue weighted by Gasteiger charge is -2.24. The van der Waals surface area contributed by atoms with E-state index in [1.165, 1.54) is 19.1 Å². The van der Waals surface area contributed by atoms with Crippen molar-refractivity contribution >= 4 is 11.8 Å². The molecule has 1 aliphatic rings. The molecule has 0 fully saturated rings. The van der Waals surface area contributed by atoms with Gasteiger partial charge in [0, 0.05) is 6.92 Å². The second-order valence-corrected chi connectivity index (χ2v) is 3.67. The summed E-state index contributed by atoms with van der Waals surface area (Å²) in [6.07, 6.45) is 1.32. The van der Waals surface area contributed by atoms with E-state index in [4.69, 9.17) is 9.47 Å². The first-order chi connectivity index (χ1) is 8.16. The Bertz CT molecular complexity index is 450. The van der Waals surface area contributed by atoms with Crippen LogP contribution in [-0.2, 0) is 19.1 Å². The Kier molecular flexibility index (Phi) is 3.35. The van der Waals surface area contributed by atoms with Crippen molar-refractivity contribution < 1.29 is 19.1 Å². The molecular weight excluding hydrogens is 220 g/mol. The molecule has 0 aromatic heterocycles. The van der Waals surface area contributed by atoms with Crippen molar-refractivity contribution in [2.24, 2.45) is 0 Å². The molecular formula is C13H12O4. The van der Waals surface area contributed by atoms with Crippen LogP contribution in [0.25, 0.3) is 0 Å². The average molecular weight is 232 g/mol. The van der Waals surface area contributed by atoms with Gasteiger partial charge in [-0.2, -0.15) is 0 Å². The molecule has 2 atom stereocenters. The summed E-state index contributed by atoms with van der Waals surface area (Å²) in [6.45, 7) is 1.30. The van der Waals surface area contributed by atoms with E-state index in [-0.39, 0.29) is 5.78 Å². The van der Waals surface area contributed by atoms with Crippen molar-refractivity contribution in [1.29, 1.82) is 0 Å². The van der Waals surface area contributed by atoms with Crippen LogP contribution < -0.4 is 0 Å². The average Bonchev–Trinajstić information content (AvgIpc) is 2.32. The molecule has 0 aliphatic carbocycles. The standard InChI is InChI=1S/C13H12O4/c1-9(14)16-12-8-7-11(15)13(17-12)10-5-3-2-4-6-10/h2-8,12-13H,1H3/t12-,13+/m0/s1. The van der Waals surface area contributed by atoms with E-state index in [0.717, 1.165) is 5.56 Å². The lowest BCUT2D eigenvalue weighted by Crippen LogP contribution is -2.28. The Morgan fingerprint density at radius 3 is 2.65 bits per heavy atom. The van der Waals surface area contributed by atoms with E-state index < -0.39 is 18.4 Å². The van der Waals surface area contributed by atoms with Gasteiger partial charge in [0.25, 0.3) is 0 Å². The van der Waals surface area contributed by atoms with Gasteiger partial charge in [0.05, 0.1) is 0 Å². The van der Waals surface area contributed by atoms with Gasteiger partial charge in [0.1, 0.15) is 6.10 Å². The summed E-state index contributed by atoms with van der Waals surface area (Å²) in [6, 6.07) is 9.10. The molecule has 0 N–H and O–H groups in total. The molecule has 0 bridgehead atoms. The summed E-state index contributed by atoms with van der Waals surface area (Å²) < 4.78 is 10.3. The monoisotopic (exact) mass is 232 g/mol. The van der Waals surface area contributed by atoms with Crippen LogP contribution >= 0.6 is 0 Å². The fourth-order valence-corrected chi connectivity index (χ4v) is 1.61. The van der Waals surface area contributed by atoms with Crippen molar-refractivity contribution in [2.45, 2.75) is 19.3 Å². The Hall–Kier alpha value is -1.94. The predicted molar refractivity (Wildman–Crippen MR) is 60.0 cm³/mol. The molecule has 17 heavy (non-hydrogen) atoms. The first kappa shape index (κ1) is 11.5. The van der Waals surface area contributed by atoms with Crippen molar-refractivity contribution in [3.8, 4) is 0 Å². The summed E-state index contributed by atoms with van der Waals surface area (Å²) >= 11 is 0. The molecule has 88 valence electrons. The van der Waals surface area contributed by atoms with Crippen molar-refractivity contribution in [3.63, 3.8) is 0 Å². The largest absolute Gasteiger partial charge is 0.432 e. The molecule has 1 aliphatic heterocycles. The van der Waals surface area contributed by atoms with Gasteiger partial charge < -0.3 is 9.47 Å². The number of esters is 1. The number of ketones is 1. The summed E-state index contributed by atoms with van der Waals surface area (Å²) in [5.41, 5.74) is 0.749. The van der Waals surface area contributed by atoms with Gasteiger partial charge >= 0.3 is 5.97 Å². The van der Waals surface area contributed by atoms with E-state index >= 15 is 0 Å². The minimum atomic E-state index is -0.796. The van der Waals surface area contributed by atoms with Crippen molar-refractivity contribution in [3.05, 3.63) is 48.0 Å². The first-order valence-corrected chi connectivity index (χ1v) is 5.26. The molecule has 4 nitrogen and oxygen atoms in total. The molecule has 0 saturated carbocycles. The molecule has 0 amide bonds. The predicted octanol–water partition coefficient (Wildman–Crippen LogP) is 1.77. The maximum atomic E-state index is 11.7. The normalized spacial score (nSPS) is 23.5. The van der Waals surface area contributed by atoms with Gasteiger partial charge in [0.15, 0.2) is 5.78 Å². The molecule has 0 spiro atoms. The number of ether oxygens (including phenoxy) is 2. The van der Waals surface area contributed by atoms with Crippen molar-refractivity contribution in [1.82, 2.24) is 0 Å². The molecule has 2 rings (SSSR count). The maximum absolute atomic E-state index is 11.7. The van der Waals surface area contributed by atoms with Crippen LogP contribution in [0.15, 0.2) is 42.5 Å². The Morgan fingerprint density at radius 2 is 2.00 bits per heavy atom. The fraction of sp³-hybridized carbons (Fsp3) is 0.231. The molecule has 0 unspecified atom stereocenters. The number of benzene rings is 1. The molecule has 0 saturated heterocycles. The molecule has 1 aromatic rings. The van der Waals surface area contributed by atoms with E-state index in [1.807, 2.05) is 18.2 Å². The second kappa shape index (κ2) is 4.93. The molecule has 4 heteroatoms. The smallest absolute Gasteiger partial charge is 0.305 e. The summed E-state index contributed by atoms with van der Waals surface area (Å²) in [5, 5.41) is 0. The second-order valence-electron chi connectivity index (χ2n) is 3.67. The minimum absolute atomic E-state index is 0.153. The zero-order chi connectivity index (χ0) is 12.3. The van der Waals surface area contributed by atoms with E-state index in [0.29, 0.717) is 0 Å². The van der Waals surface area contributed by atoms with Crippen LogP contribution in [-0.4, -0.2) is 18.0 Å². The quantitative estimate of drug-likeness (QED) is 0.729. The van der Waals surface area contributed by atoms with Crippen LogP contribution in [0.3, 0.4) is 0 Å². The van der Waals surface area contributed by atoms with Gasteiger partial charge in [-0.25, -0.2) is 0 Å².